The van der Waals surface area contributed by atoms with Gasteiger partial charge in [-0.1, -0.05) is 26.7 Å². The van der Waals surface area contributed by atoms with Crippen LogP contribution >= 0.6 is 0 Å². The Balaban J connectivity index is 3.60. The highest BCUT2D eigenvalue weighted by molar-refractivity contribution is 5.71. The summed E-state index contributed by atoms with van der Waals surface area (Å²) in [6, 6.07) is 0.244. The predicted octanol–water partition coefficient (Wildman–Crippen LogP) is 1.73. The van der Waals surface area contributed by atoms with Gasteiger partial charge in [0, 0.05) is 13.2 Å². The predicted molar refractivity (Wildman–Crippen MR) is 64.4 cm³/mol. The summed E-state index contributed by atoms with van der Waals surface area (Å²) in [5.74, 6) is -0.175. The standard InChI is InChI=1S/C12H25NO3/c1-4-6-8-16-12(14)9-13-11(7-5-2)10-15-3/h11,13H,4-10H2,1-3H3. The quantitative estimate of drug-likeness (QED) is 0.459. The molecule has 1 atom stereocenters. The van der Waals surface area contributed by atoms with Crippen molar-refractivity contribution in [1.29, 1.82) is 0 Å². The molecular formula is C12H25NO3. The number of nitrogens with one attached hydrogen (secondary N) is 1. The van der Waals surface area contributed by atoms with Crippen LogP contribution in [0.4, 0.5) is 0 Å². The Bertz CT molecular complexity index is 168. The maximum absolute atomic E-state index is 11.3. The molecule has 0 bridgehead atoms. The molecule has 1 unspecified atom stereocenters. The lowest BCUT2D eigenvalue weighted by Crippen LogP contribution is -2.37. The molecule has 4 nitrogen and oxygen atoms in total. The van der Waals surface area contributed by atoms with Crippen molar-refractivity contribution in [3.05, 3.63) is 0 Å². The minimum Gasteiger partial charge on any atom is -0.465 e. The van der Waals surface area contributed by atoms with Gasteiger partial charge < -0.3 is 14.8 Å². The van der Waals surface area contributed by atoms with Crippen molar-refractivity contribution < 1.29 is 14.3 Å². The van der Waals surface area contributed by atoms with Crippen molar-refractivity contribution in [2.75, 3.05) is 26.9 Å². The number of rotatable bonds is 10. The molecule has 0 aromatic heterocycles. The summed E-state index contributed by atoms with van der Waals surface area (Å²) in [4.78, 5) is 11.3. The zero-order chi connectivity index (χ0) is 12.2. The minimum absolute atomic E-state index is 0.175. The van der Waals surface area contributed by atoms with Gasteiger partial charge >= 0.3 is 5.97 Å². The molecule has 1 N–H and O–H groups in total. The van der Waals surface area contributed by atoms with Crippen molar-refractivity contribution in [3.63, 3.8) is 0 Å². The maximum Gasteiger partial charge on any atom is 0.319 e. The van der Waals surface area contributed by atoms with Crippen LogP contribution in [0.2, 0.25) is 0 Å². The van der Waals surface area contributed by atoms with Gasteiger partial charge in [-0.25, -0.2) is 0 Å². The first-order chi connectivity index (χ1) is 7.74. The molecule has 0 aliphatic rings. The number of hydrogen-bond acceptors (Lipinski definition) is 4. The Hall–Kier alpha value is -0.610. The second-order valence-corrected chi connectivity index (χ2v) is 3.90. The van der Waals surface area contributed by atoms with Gasteiger partial charge in [0.25, 0.3) is 0 Å². The van der Waals surface area contributed by atoms with E-state index in [9.17, 15) is 4.79 Å². The highest BCUT2D eigenvalue weighted by Gasteiger charge is 2.09. The molecule has 0 saturated carbocycles. The molecule has 0 radical (unpaired) electrons. The number of ether oxygens (including phenoxy) is 2. The Morgan fingerprint density at radius 1 is 1.31 bits per heavy atom. The zero-order valence-electron chi connectivity index (χ0n) is 10.8. The van der Waals surface area contributed by atoms with Crippen LogP contribution in [0.3, 0.4) is 0 Å². The van der Waals surface area contributed by atoms with Crippen LogP contribution in [-0.2, 0) is 14.3 Å². The number of carbonyl (C=O) groups is 1. The number of carbonyl (C=O) groups excluding carboxylic acids is 1. The summed E-state index contributed by atoms with van der Waals surface area (Å²) in [7, 11) is 1.67. The van der Waals surface area contributed by atoms with E-state index in [0.717, 1.165) is 25.7 Å². The Labute approximate surface area is 98.7 Å². The first-order valence-corrected chi connectivity index (χ1v) is 6.12. The van der Waals surface area contributed by atoms with Gasteiger partial charge in [-0.3, -0.25) is 4.79 Å². The van der Waals surface area contributed by atoms with Gasteiger partial charge in [-0.2, -0.15) is 0 Å². The van der Waals surface area contributed by atoms with E-state index in [-0.39, 0.29) is 18.6 Å². The number of esters is 1. The fraction of sp³-hybridized carbons (Fsp3) is 0.917. The lowest BCUT2D eigenvalue weighted by molar-refractivity contribution is -0.142. The van der Waals surface area contributed by atoms with Crippen molar-refractivity contribution in [2.24, 2.45) is 0 Å². The molecule has 4 heteroatoms. The van der Waals surface area contributed by atoms with Crippen LogP contribution in [0, 0.1) is 0 Å². The van der Waals surface area contributed by atoms with E-state index in [1.807, 2.05) is 0 Å². The lowest BCUT2D eigenvalue weighted by Gasteiger charge is -2.16. The zero-order valence-corrected chi connectivity index (χ0v) is 10.8. The van der Waals surface area contributed by atoms with Crippen LogP contribution in [-0.4, -0.2) is 38.9 Å². The normalized spacial score (nSPS) is 12.4. The minimum atomic E-state index is -0.175. The SMILES string of the molecule is CCCCOC(=O)CNC(CCC)COC. The molecule has 0 aromatic carbocycles. The second-order valence-electron chi connectivity index (χ2n) is 3.90. The third kappa shape index (κ3) is 8.68. The van der Waals surface area contributed by atoms with Crippen LogP contribution in [0.1, 0.15) is 39.5 Å². The smallest absolute Gasteiger partial charge is 0.319 e. The molecule has 0 aliphatic heterocycles. The van der Waals surface area contributed by atoms with Crippen LogP contribution in [0.5, 0.6) is 0 Å². The van der Waals surface area contributed by atoms with Crippen molar-refractivity contribution in [2.45, 2.75) is 45.6 Å². The third-order valence-corrected chi connectivity index (χ3v) is 2.30. The molecule has 0 aliphatic carbocycles. The highest BCUT2D eigenvalue weighted by Crippen LogP contribution is 1.97. The monoisotopic (exact) mass is 231 g/mol. The summed E-state index contributed by atoms with van der Waals surface area (Å²) in [5.41, 5.74) is 0. The topological polar surface area (TPSA) is 47.6 Å². The fourth-order valence-electron chi connectivity index (χ4n) is 1.40. The molecule has 0 spiro atoms. The van der Waals surface area contributed by atoms with E-state index in [4.69, 9.17) is 9.47 Å². The average molecular weight is 231 g/mol. The van der Waals surface area contributed by atoms with Crippen LogP contribution in [0.25, 0.3) is 0 Å². The molecule has 0 amide bonds. The largest absolute Gasteiger partial charge is 0.465 e. The van der Waals surface area contributed by atoms with E-state index >= 15 is 0 Å². The van der Waals surface area contributed by atoms with E-state index < -0.39 is 0 Å². The average Bonchev–Trinajstić information content (AvgIpc) is 2.27. The Morgan fingerprint density at radius 3 is 2.62 bits per heavy atom. The fourth-order valence-corrected chi connectivity index (χ4v) is 1.40. The van der Waals surface area contributed by atoms with Crippen LogP contribution < -0.4 is 5.32 Å². The summed E-state index contributed by atoms with van der Waals surface area (Å²) in [6.45, 7) is 5.62. The van der Waals surface area contributed by atoms with E-state index in [0.29, 0.717) is 13.2 Å². The molecule has 0 rings (SSSR count). The third-order valence-electron chi connectivity index (χ3n) is 2.30. The summed E-state index contributed by atoms with van der Waals surface area (Å²) in [5, 5.41) is 3.15. The van der Waals surface area contributed by atoms with E-state index in [1.54, 1.807) is 7.11 Å². The van der Waals surface area contributed by atoms with Gasteiger partial charge in [0.1, 0.15) is 0 Å². The molecule has 0 fully saturated rings. The Kier molecular flexibility index (Phi) is 10.5. The highest BCUT2D eigenvalue weighted by atomic mass is 16.5. The maximum atomic E-state index is 11.3. The number of methoxy groups -OCH3 is 1. The summed E-state index contributed by atoms with van der Waals surface area (Å²) < 4.78 is 10.1. The van der Waals surface area contributed by atoms with Gasteiger partial charge in [-0.05, 0) is 12.8 Å². The summed E-state index contributed by atoms with van der Waals surface area (Å²) in [6.07, 6.45) is 4.06. The Morgan fingerprint density at radius 2 is 2.06 bits per heavy atom. The molecule has 0 aromatic rings. The van der Waals surface area contributed by atoms with Gasteiger partial charge in [0.2, 0.25) is 0 Å². The van der Waals surface area contributed by atoms with Crippen LogP contribution in [0.15, 0.2) is 0 Å². The number of unbranched alkanes of at least 4 members (excludes halogenated alkanes) is 1. The molecule has 0 heterocycles. The molecular weight excluding hydrogens is 206 g/mol. The van der Waals surface area contributed by atoms with Crippen molar-refractivity contribution in [3.8, 4) is 0 Å². The van der Waals surface area contributed by atoms with Crippen molar-refractivity contribution >= 4 is 5.97 Å². The summed E-state index contributed by atoms with van der Waals surface area (Å²) >= 11 is 0. The first-order valence-electron chi connectivity index (χ1n) is 6.12. The van der Waals surface area contributed by atoms with E-state index in [1.165, 1.54) is 0 Å². The first kappa shape index (κ1) is 15.4. The van der Waals surface area contributed by atoms with Gasteiger partial charge in [-0.15, -0.1) is 0 Å². The second kappa shape index (κ2) is 10.9. The van der Waals surface area contributed by atoms with Gasteiger partial charge in [0.05, 0.1) is 19.8 Å². The van der Waals surface area contributed by atoms with E-state index in [2.05, 4.69) is 19.2 Å². The molecule has 16 heavy (non-hydrogen) atoms. The van der Waals surface area contributed by atoms with Crippen molar-refractivity contribution in [1.82, 2.24) is 5.32 Å². The lowest BCUT2D eigenvalue weighted by atomic mass is 10.2. The number of hydrogen-bond donors (Lipinski definition) is 1. The van der Waals surface area contributed by atoms with Gasteiger partial charge in [0.15, 0.2) is 0 Å². The molecule has 96 valence electrons. The molecule has 0 saturated heterocycles.